The van der Waals surface area contributed by atoms with E-state index >= 15 is 0 Å². The molecule has 0 radical (unpaired) electrons. The first-order chi connectivity index (χ1) is 13.8. The van der Waals surface area contributed by atoms with Crippen LogP contribution in [0.15, 0.2) is 47.5 Å². The molecule has 0 bridgehead atoms. The van der Waals surface area contributed by atoms with Gasteiger partial charge in [0.1, 0.15) is 0 Å². The molecule has 2 aliphatic heterocycles. The molecule has 2 heterocycles. The van der Waals surface area contributed by atoms with Crippen LogP contribution >= 0.6 is 24.0 Å². The Morgan fingerprint density at radius 1 is 1.10 bits per heavy atom. The van der Waals surface area contributed by atoms with E-state index in [2.05, 4.69) is 64.5 Å². The van der Waals surface area contributed by atoms with Gasteiger partial charge in [0.2, 0.25) is 0 Å². The molecular formula is C23H33IN4O. The van der Waals surface area contributed by atoms with E-state index in [-0.39, 0.29) is 24.0 Å². The van der Waals surface area contributed by atoms with Crippen molar-refractivity contribution in [1.29, 1.82) is 0 Å². The molecule has 29 heavy (non-hydrogen) atoms. The molecule has 6 heteroatoms. The fourth-order valence-corrected chi connectivity index (χ4v) is 4.39. The van der Waals surface area contributed by atoms with E-state index in [9.17, 15) is 0 Å². The summed E-state index contributed by atoms with van der Waals surface area (Å²) in [5.41, 5.74) is 1.38. The van der Waals surface area contributed by atoms with E-state index in [1.807, 2.05) is 0 Å². The Hall–Kier alpha value is -1.38. The van der Waals surface area contributed by atoms with Crippen LogP contribution in [0.4, 0.5) is 0 Å². The molecule has 2 aliphatic rings. The molecule has 0 aromatic heterocycles. The number of guanidine groups is 1. The van der Waals surface area contributed by atoms with Gasteiger partial charge in [-0.25, -0.2) is 0 Å². The Bertz CT molecular complexity index is 801. The normalized spacial score (nSPS) is 20.7. The lowest BCUT2D eigenvalue weighted by atomic mass is 10.0. The highest BCUT2D eigenvalue weighted by Gasteiger charge is 2.30. The van der Waals surface area contributed by atoms with Crippen molar-refractivity contribution in [3.05, 3.63) is 48.0 Å². The molecule has 5 nitrogen and oxygen atoms in total. The number of ether oxygens (including phenoxy) is 1. The van der Waals surface area contributed by atoms with Crippen molar-refractivity contribution < 1.29 is 4.74 Å². The number of nitrogens with zero attached hydrogens (tertiary/aromatic N) is 3. The van der Waals surface area contributed by atoms with Gasteiger partial charge in [0.15, 0.2) is 5.96 Å². The maximum atomic E-state index is 5.51. The Labute approximate surface area is 191 Å². The van der Waals surface area contributed by atoms with Crippen LogP contribution in [0.2, 0.25) is 0 Å². The molecule has 2 aromatic rings. The van der Waals surface area contributed by atoms with Crippen molar-refractivity contribution in [2.75, 3.05) is 52.5 Å². The first kappa shape index (κ1) is 22.3. The average Bonchev–Trinajstić information content (AvgIpc) is 3.24. The molecule has 2 saturated heterocycles. The predicted molar refractivity (Wildman–Crippen MR) is 131 cm³/mol. The monoisotopic (exact) mass is 508 g/mol. The van der Waals surface area contributed by atoms with Gasteiger partial charge in [0.25, 0.3) is 0 Å². The number of morpholine rings is 1. The maximum absolute atomic E-state index is 5.51. The third-order valence-corrected chi connectivity index (χ3v) is 5.88. The maximum Gasteiger partial charge on any atom is 0.193 e. The first-order valence-electron chi connectivity index (χ1n) is 10.7. The fraction of sp³-hybridized carbons (Fsp3) is 0.522. The second kappa shape index (κ2) is 11.1. The zero-order chi connectivity index (χ0) is 19.2. The number of benzene rings is 2. The van der Waals surface area contributed by atoms with Gasteiger partial charge in [0.05, 0.1) is 13.2 Å². The second-order valence-corrected chi connectivity index (χ2v) is 7.66. The quantitative estimate of drug-likeness (QED) is 0.382. The van der Waals surface area contributed by atoms with Crippen LogP contribution in [-0.4, -0.2) is 74.3 Å². The summed E-state index contributed by atoms with van der Waals surface area (Å²) in [6.45, 7) is 9.89. The number of rotatable bonds is 5. The van der Waals surface area contributed by atoms with Gasteiger partial charge < -0.3 is 15.0 Å². The van der Waals surface area contributed by atoms with Crippen LogP contribution in [0.1, 0.15) is 18.9 Å². The third kappa shape index (κ3) is 5.61. The number of hydrogen-bond donors (Lipinski definition) is 1. The van der Waals surface area contributed by atoms with Crippen LogP contribution < -0.4 is 5.32 Å². The lowest BCUT2D eigenvalue weighted by molar-refractivity contribution is 0.0195. The SMILES string of the molecule is CCNC(=NCCc1cccc2ccccc12)N1CCC(N2CCOCC2)C1.I. The van der Waals surface area contributed by atoms with Gasteiger partial charge in [0, 0.05) is 45.3 Å². The number of fused-ring (bicyclic) bond motifs is 1. The Balaban J connectivity index is 0.00000240. The summed E-state index contributed by atoms with van der Waals surface area (Å²) in [6.07, 6.45) is 2.19. The summed E-state index contributed by atoms with van der Waals surface area (Å²) in [6, 6.07) is 15.8. The highest BCUT2D eigenvalue weighted by Crippen LogP contribution is 2.20. The molecule has 1 atom stereocenters. The van der Waals surface area contributed by atoms with Gasteiger partial charge in [-0.15, -0.1) is 24.0 Å². The van der Waals surface area contributed by atoms with E-state index in [1.165, 1.54) is 22.8 Å². The standard InChI is InChI=1S/C23H32N4O.HI/c1-2-24-23(27-13-11-21(18-27)26-14-16-28-17-15-26)25-12-10-20-8-5-7-19-6-3-4-9-22(19)20;/h3-9,21H,2,10-18H2,1H3,(H,24,25);1H. The van der Waals surface area contributed by atoms with Crippen molar-refractivity contribution in [2.24, 2.45) is 4.99 Å². The van der Waals surface area contributed by atoms with Crippen molar-refractivity contribution in [3.8, 4) is 0 Å². The largest absolute Gasteiger partial charge is 0.379 e. The van der Waals surface area contributed by atoms with E-state index in [0.29, 0.717) is 6.04 Å². The molecule has 4 rings (SSSR count). The molecule has 0 saturated carbocycles. The number of halogens is 1. The van der Waals surface area contributed by atoms with Crippen LogP contribution in [0, 0.1) is 0 Å². The highest BCUT2D eigenvalue weighted by atomic mass is 127. The number of nitrogens with one attached hydrogen (secondary N) is 1. The van der Waals surface area contributed by atoms with Crippen molar-refractivity contribution in [1.82, 2.24) is 15.1 Å². The summed E-state index contributed by atoms with van der Waals surface area (Å²) < 4.78 is 5.51. The number of aliphatic imine (C=N–C) groups is 1. The molecular weight excluding hydrogens is 475 g/mol. The first-order valence-corrected chi connectivity index (χ1v) is 10.7. The van der Waals surface area contributed by atoms with E-state index in [1.54, 1.807) is 0 Å². The van der Waals surface area contributed by atoms with E-state index in [0.717, 1.165) is 64.9 Å². The summed E-state index contributed by atoms with van der Waals surface area (Å²) >= 11 is 0. The molecule has 1 N–H and O–H groups in total. The Morgan fingerprint density at radius 2 is 1.90 bits per heavy atom. The zero-order valence-corrected chi connectivity index (χ0v) is 19.7. The minimum atomic E-state index is 0. The van der Waals surface area contributed by atoms with Gasteiger partial charge in [-0.2, -0.15) is 0 Å². The summed E-state index contributed by atoms with van der Waals surface area (Å²) in [5.74, 6) is 1.07. The smallest absolute Gasteiger partial charge is 0.193 e. The minimum Gasteiger partial charge on any atom is -0.379 e. The van der Waals surface area contributed by atoms with E-state index in [4.69, 9.17) is 9.73 Å². The van der Waals surface area contributed by atoms with Crippen LogP contribution in [0.25, 0.3) is 10.8 Å². The topological polar surface area (TPSA) is 40.1 Å². The lowest BCUT2D eigenvalue weighted by Crippen LogP contribution is -2.46. The Morgan fingerprint density at radius 3 is 2.72 bits per heavy atom. The molecule has 0 aliphatic carbocycles. The molecule has 1 unspecified atom stereocenters. The molecule has 2 fully saturated rings. The lowest BCUT2D eigenvalue weighted by Gasteiger charge is -2.32. The van der Waals surface area contributed by atoms with Crippen LogP contribution in [0.5, 0.6) is 0 Å². The highest BCUT2D eigenvalue weighted by molar-refractivity contribution is 14.0. The van der Waals surface area contributed by atoms with Crippen molar-refractivity contribution in [3.63, 3.8) is 0 Å². The Kier molecular flexibility index (Phi) is 8.56. The predicted octanol–water partition coefficient (Wildman–Crippen LogP) is 3.37. The van der Waals surface area contributed by atoms with Gasteiger partial charge in [-0.3, -0.25) is 9.89 Å². The molecule has 0 amide bonds. The van der Waals surface area contributed by atoms with Gasteiger partial charge in [-0.1, -0.05) is 42.5 Å². The average molecular weight is 508 g/mol. The summed E-state index contributed by atoms with van der Waals surface area (Å²) in [4.78, 5) is 9.99. The molecule has 0 spiro atoms. The molecule has 158 valence electrons. The summed E-state index contributed by atoms with van der Waals surface area (Å²) in [7, 11) is 0. The number of likely N-dealkylation sites (tertiary alicyclic amines) is 1. The number of hydrogen-bond acceptors (Lipinski definition) is 3. The van der Waals surface area contributed by atoms with Crippen LogP contribution in [0.3, 0.4) is 0 Å². The van der Waals surface area contributed by atoms with Crippen LogP contribution in [-0.2, 0) is 11.2 Å². The van der Waals surface area contributed by atoms with Crippen molar-refractivity contribution in [2.45, 2.75) is 25.8 Å². The van der Waals surface area contributed by atoms with Gasteiger partial charge >= 0.3 is 0 Å². The second-order valence-electron chi connectivity index (χ2n) is 7.66. The fourth-order valence-electron chi connectivity index (χ4n) is 4.39. The molecule has 2 aromatic carbocycles. The minimum absolute atomic E-state index is 0. The van der Waals surface area contributed by atoms with Gasteiger partial charge in [-0.05, 0) is 36.1 Å². The summed E-state index contributed by atoms with van der Waals surface area (Å²) in [5, 5.41) is 6.16. The van der Waals surface area contributed by atoms with Crippen molar-refractivity contribution >= 4 is 40.7 Å². The van der Waals surface area contributed by atoms with E-state index < -0.39 is 0 Å². The third-order valence-electron chi connectivity index (χ3n) is 5.88. The zero-order valence-electron chi connectivity index (χ0n) is 17.3.